The lowest BCUT2D eigenvalue weighted by atomic mass is 10.1. The Kier molecular flexibility index (Phi) is 5.07. The van der Waals surface area contributed by atoms with Crippen molar-refractivity contribution < 1.29 is 14.3 Å². The molecule has 23 heavy (non-hydrogen) atoms. The molecule has 0 amide bonds. The van der Waals surface area contributed by atoms with Crippen molar-refractivity contribution in [1.82, 2.24) is 4.57 Å². The molecule has 1 aromatic carbocycles. The molecule has 0 saturated carbocycles. The Morgan fingerprint density at radius 3 is 2.65 bits per heavy atom. The Morgan fingerprint density at radius 1 is 1.26 bits per heavy atom. The van der Waals surface area contributed by atoms with Crippen LogP contribution in [0.3, 0.4) is 0 Å². The third kappa shape index (κ3) is 3.04. The molecule has 0 aliphatic carbocycles. The van der Waals surface area contributed by atoms with Crippen LogP contribution in [0.15, 0.2) is 29.1 Å². The minimum Gasteiger partial charge on any atom is -0.479 e. The summed E-state index contributed by atoms with van der Waals surface area (Å²) in [6.07, 6.45) is 10.6. The maximum absolute atomic E-state index is 12.7. The van der Waals surface area contributed by atoms with Crippen LogP contribution in [0.4, 0.5) is 0 Å². The Balaban J connectivity index is 2.87. The molecular weight excluding hydrogens is 294 g/mol. The summed E-state index contributed by atoms with van der Waals surface area (Å²) in [5, 5.41) is 0.570. The summed E-state index contributed by atoms with van der Waals surface area (Å²) in [5.41, 5.74) is -0.196. The Labute approximate surface area is 133 Å². The first-order chi connectivity index (χ1) is 11.2. The van der Waals surface area contributed by atoms with Gasteiger partial charge >= 0.3 is 5.97 Å². The lowest BCUT2D eigenvalue weighted by Crippen LogP contribution is -2.29. The number of para-hydroxylation sites is 1. The molecule has 5 nitrogen and oxygen atoms in total. The van der Waals surface area contributed by atoms with Crippen LogP contribution in [0.2, 0.25) is 0 Å². The first-order valence-corrected chi connectivity index (χ1v) is 6.98. The summed E-state index contributed by atoms with van der Waals surface area (Å²) in [6, 6.07) is 7.00. The number of benzene rings is 1. The van der Waals surface area contributed by atoms with Crippen molar-refractivity contribution in [2.24, 2.45) is 0 Å². The maximum atomic E-state index is 12.7. The quantitative estimate of drug-likeness (QED) is 0.624. The van der Waals surface area contributed by atoms with Crippen LogP contribution < -0.4 is 10.3 Å². The molecule has 0 atom stereocenters. The van der Waals surface area contributed by atoms with Crippen LogP contribution in [0, 0.1) is 24.7 Å². The number of terminal acetylenes is 2. The highest BCUT2D eigenvalue weighted by Gasteiger charge is 2.24. The lowest BCUT2D eigenvalue weighted by molar-refractivity contribution is 0.0520. The summed E-state index contributed by atoms with van der Waals surface area (Å²) < 4.78 is 11.8. The van der Waals surface area contributed by atoms with Crippen molar-refractivity contribution in [2.45, 2.75) is 13.5 Å². The van der Waals surface area contributed by atoms with E-state index in [1.165, 1.54) is 4.57 Å². The second-order valence-corrected chi connectivity index (χ2v) is 4.53. The van der Waals surface area contributed by atoms with Gasteiger partial charge in [-0.15, -0.1) is 12.8 Å². The summed E-state index contributed by atoms with van der Waals surface area (Å²) in [4.78, 5) is 24.9. The Bertz CT molecular complexity index is 881. The molecule has 0 aliphatic rings. The normalized spacial score (nSPS) is 9.87. The zero-order chi connectivity index (χ0) is 16.8. The van der Waals surface area contributed by atoms with Crippen molar-refractivity contribution in [3.05, 3.63) is 40.2 Å². The van der Waals surface area contributed by atoms with E-state index in [-0.39, 0.29) is 31.1 Å². The van der Waals surface area contributed by atoms with E-state index < -0.39 is 11.5 Å². The van der Waals surface area contributed by atoms with Crippen molar-refractivity contribution in [3.8, 4) is 30.4 Å². The number of nitrogens with zero attached hydrogens (tertiary/aromatic N) is 1. The number of carbonyl (C=O) groups is 1. The number of hydrogen-bond donors (Lipinski definition) is 0. The molecule has 0 fully saturated rings. The Morgan fingerprint density at radius 2 is 2.00 bits per heavy atom. The predicted octanol–water partition coefficient (Wildman–Crippen LogP) is 1.82. The predicted molar refractivity (Wildman–Crippen MR) is 87.3 cm³/mol. The van der Waals surface area contributed by atoms with Crippen LogP contribution in [-0.4, -0.2) is 23.8 Å². The van der Waals surface area contributed by atoms with E-state index in [1.54, 1.807) is 31.2 Å². The zero-order valence-electron chi connectivity index (χ0n) is 12.7. The molecule has 116 valence electrons. The van der Waals surface area contributed by atoms with E-state index >= 15 is 0 Å². The second kappa shape index (κ2) is 7.20. The largest absolute Gasteiger partial charge is 0.479 e. The van der Waals surface area contributed by atoms with Gasteiger partial charge in [0.25, 0.3) is 5.56 Å². The number of carbonyl (C=O) groups excluding carboxylic acids is 1. The van der Waals surface area contributed by atoms with Crippen LogP contribution in [-0.2, 0) is 11.3 Å². The van der Waals surface area contributed by atoms with Crippen molar-refractivity contribution in [1.29, 1.82) is 0 Å². The summed E-state index contributed by atoms with van der Waals surface area (Å²) in [5.74, 6) is 4.10. The number of fused-ring (bicyclic) bond motifs is 1. The third-order valence-electron chi connectivity index (χ3n) is 3.15. The van der Waals surface area contributed by atoms with E-state index in [1.807, 2.05) is 0 Å². The molecule has 5 heteroatoms. The highest BCUT2D eigenvalue weighted by molar-refractivity contribution is 5.99. The van der Waals surface area contributed by atoms with Crippen molar-refractivity contribution in [2.75, 3.05) is 13.2 Å². The third-order valence-corrected chi connectivity index (χ3v) is 3.15. The minimum absolute atomic E-state index is 0.0289. The molecule has 2 aromatic rings. The number of ether oxygens (including phenoxy) is 2. The van der Waals surface area contributed by atoms with Gasteiger partial charge in [0.2, 0.25) is 0 Å². The number of rotatable bonds is 5. The fourth-order valence-electron chi connectivity index (χ4n) is 2.27. The van der Waals surface area contributed by atoms with E-state index in [0.29, 0.717) is 10.9 Å². The summed E-state index contributed by atoms with van der Waals surface area (Å²) in [7, 11) is 0. The molecule has 0 radical (unpaired) electrons. The molecular formula is C18H15NO4. The molecule has 0 aliphatic heterocycles. The number of hydrogen-bond acceptors (Lipinski definition) is 4. The first-order valence-electron chi connectivity index (χ1n) is 6.98. The van der Waals surface area contributed by atoms with Crippen molar-refractivity contribution in [3.63, 3.8) is 0 Å². The fraction of sp³-hybridized carbons (Fsp3) is 0.222. The molecule has 0 unspecified atom stereocenters. The van der Waals surface area contributed by atoms with Gasteiger partial charge in [-0.2, -0.15) is 0 Å². The molecule has 0 saturated heterocycles. The van der Waals surface area contributed by atoms with E-state index in [4.69, 9.17) is 22.3 Å². The second-order valence-electron chi connectivity index (χ2n) is 4.53. The van der Waals surface area contributed by atoms with E-state index in [9.17, 15) is 9.59 Å². The van der Waals surface area contributed by atoms with Crippen LogP contribution in [0.25, 0.3) is 10.9 Å². The molecule has 0 N–H and O–H groups in total. The van der Waals surface area contributed by atoms with Gasteiger partial charge in [0.05, 0.1) is 18.7 Å². The number of aromatic nitrogens is 1. The summed E-state index contributed by atoms with van der Waals surface area (Å²) in [6.45, 7) is 1.74. The van der Waals surface area contributed by atoms with Crippen LogP contribution in [0.5, 0.6) is 5.75 Å². The van der Waals surface area contributed by atoms with Crippen LogP contribution in [0.1, 0.15) is 17.3 Å². The van der Waals surface area contributed by atoms with Gasteiger partial charge in [0, 0.05) is 5.39 Å². The van der Waals surface area contributed by atoms with Gasteiger partial charge in [-0.25, -0.2) is 4.79 Å². The zero-order valence-corrected chi connectivity index (χ0v) is 12.7. The van der Waals surface area contributed by atoms with Gasteiger partial charge < -0.3 is 9.47 Å². The molecule has 0 spiro atoms. The molecule has 1 heterocycles. The van der Waals surface area contributed by atoms with Gasteiger partial charge in [-0.05, 0) is 19.1 Å². The molecule has 0 bridgehead atoms. The van der Waals surface area contributed by atoms with E-state index in [2.05, 4.69) is 11.8 Å². The monoisotopic (exact) mass is 309 g/mol. The van der Waals surface area contributed by atoms with E-state index in [0.717, 1.165) is 0 Å². The van der Waals surface area contributed by atoms with Crippen molar-refractivity contribution >= 4 is 16.9 Å². The average molecular weight is 309 g/mol. The molecule has 1 aromatic heterocycles. The highest BCUT2D eigenvalue weighted by Crippen LogP contribution is 2.28. The van der Waals surface area contributed by atoms with Gasteiger partial charge in [0.15, 0.2) is 5.56 Å². The topological polar surface area (TPSA) is 57.5 Å². The number of pyridine rings is 1. The minimum atomic E-state index is -0.763. The average Bonchev–Trinajstić information content (AvgIpc) is 2.55. The van der Waals surface area contributed by atoms with Gasteiger partial charge in [-0.3, -0.25) is 9.36 Å². The smallest absolute Gasteiger partial charge is 0.347 e. The standard InChI is InChI=1S/C18H15NO4/c1-4-11-19-14-10-8-7-9-13(14)16(23-12-5-2)15(17(19)20)18(21)22-6-3/h1-2,7-10H,6,11-12H2,3H3. The number of esters is 1. The lowest BCUT2D eigenvalue weighted by Gasteiger charge is -2.15. The SMILES string of the molecule is C#CCOc1c(C(=O)OCC)c(=O)n(CC#C)c2ccccc12. The fourth-order valence-corrected chi connectivity index (χ4v) is 2.27. The Hall–Kier alpha value is -3.18. The van der Waals surface area contributed by atoms with Gasteiger partial charge in [-0.1, -0.05) is 24.0 Å². The first kappa shape index (κ1) is 16.2. The summed E-state index contributed by atoms with van der Waals surface area (Å²) >= 11 is 0. The highest BCUT2D eigenvalue weighted by atomic mass is 16.5. The van der Waals surface area contributed by atoms with Crippen LogP contribution >= 0.6 is 0 Å². The molecule has 2 rings (SSSR count). The van der Waals surface area contributed by atoms with Gasteiger partial charge in [0.1, 0.15) is 12.4 Å². The maximum Gasteiger partial charge on any atom is 0.347 e.